The molecule has 0 heterocycles. The average molecular weight is 398 g/mol. The summed E-state index contributed by atoms with van der Waals surface area (Å²) in [7, 11) is 0. The molecule has 0 aromatic carbocycles. The predicted octanol–water partition coefficient (Wildman–Crippen LogP) is 2.12. The molecule has 1 amide bonds. The van der Waals surface area contributed by atoms with Crippen molar-refractivity contribution in [3.63, 3.8) is 0 Å². The summed E-state index contributed by atoms with van der Waals surface area (Å²) >= 11 is 0. The molecule has 6 heteroatoms. The first-order valence-corrected chi connectivity index (χ1v) is 7.28. The number of nitrogens with one attached hydrogen (secondary N) is 3. The molecule has 0 aromatic heterocycles. The fourth-order valence-electron chi connectivity index (χ4n) is 1.47. The Morgan fingerprint density at radius 3 is 2.15 bits per heavy atom. The second-order valence-electron chi connectivity index (χ2n) is 5.22. The molecule has 0 aliphatic carbocycles. The van der Waals surface area contributed by atoms with Crippen molar-refractivity contribution in [2.45, 2.75) is 47.5 Å². The first-order chi connectivity index (χ1) is 8.97. The molecule has 3 N–H and O–H groups in total. The highest BCUT2D eigenvalue weighted by Gasteiger charge is 2.26. The van der Waals surface area contributed by atoms with Crippen molar-refractivity contribution in [3.05, 3.63) is 0 Å². The number of aliphatic imine (C=N–C) groups is 1. The van der Waals surface area contributed by atoms with Crippen LogP contribution < -0.4 is 16.0 Å². The number of carbonyl (C=O) groups is 1. The van der Waals surface area contributed by atoms with Gasteiger partial charge in [-0.1, -0.05) is 13.3 Å². The van der Waals surface area contributed by atoms with Gasteiger partial charge in [-0.25, -0.2) is 0 Å². The number of carbonyl (C=O) groups excluding carboxylic acids is 1. The van der Waals surface area contributed by atoms with E-state index in [1.165, 1.54) is 0 Å². The molecular weight excluding hydrogens is 367 g/mol. The van der Waals surface area contributed by atoms with Gasteiger partial charge in [0.1, 0.15) is 0 Å². The van der Waals surface area contributed by atoms with Crippen LogP contribution in [0.1, 0.15) is 47.5 Å². The van der Waals surface area contributed by atoms with Gasteiger partial charge in [-0.15, -0.1) is 24.0 Å². The lowest BCUT2D eigenvalue weighted by molar-refractivity contribution is -0.128. The minimum Gasteiger partial charge on any atom is -0.357 e. The van der Waals surface area contributed by atoms with Gasteiger partial charge in [0, 0.05) is 19.6 Å². The van der Waals surface area contributed by atoms with Crippen molar-refractivity contribution in [3.8, 4) is 0 Å². The van der Waals surface area contributed by atoms with Crippen LogP contribution in [0.15, 0.2) is 4.99 Å². The average Bonchev–Trinajstić information content (AvgIpc) is 2.36. The molecule has 0 aliphatic heterocycles. The van der Waals surface area contributed by atoms with Crippen LogP contribution in [0, 0.1) is 5.41 Å². The Kier molecular flexibility index (Phi) is 13.3. The second kappa shape index (κ2) is 12.2. The van der Waals surface area contributed by atoms with Crippen LogP contribution in [0.3, 0.4) is 0 Å². The van der Waals surface area contributed by atoms with Gasteiger partial charge in [-0.05, 0) is 34.1 Å². The maximum Gasteiger partial charge on any atom is 0.227 e. The summed E-state index contributed by atoms with van der Waals surface area (Å²) in [4.78, 5) is 16.4. The Labute approximate surface area is 140 Å². The van der Waals surface area contributed by atoms with Crippen molar-refractivity contribution in [2.75, 3.05) is 26.2 Å². The highest BCUT2D eigenvalue weighted by atomic mass is 127. The Bertz CT molecular complexity index is 293. The zero-order valence-corrected chi connectivity index (χ0v) is 15.8. The van der Waals surface area contributed by atoms with Crippen LogP contribution >= 0.6 is 24.0 Å². The zero-order chi connectivity index (χ0) is 14.7. The number of hydrogen-bond donors (Lipinski definition) is 3. The number of amides is 1. The molecule has 0 atom stereocenters. The summed E-state index contributed by atoms with van der Waals surface area (Å²) in [6.45, 7) is 12.8. The summed E-state index contributed by atoms with van der Waals surface area (Å²) in [5.41, 5.74) is -0.483. The highest BCUT2D eigenvalue weighted by molar-refractivity contribution is 14.0. The predicted molar refractivity (Wildman–Crippen MR) is 96.8 cm³/mol. The molecule has 120 valence electrons. The molecule has 0 fully saturated rings. The minimum atomic E-state index is -0.483. The molecule has 0 aliphatic rings. The van der Waals surface area contributed by atoms with Gasteiger partial charge in [-0.3, -0.25) is 9.79 Å². The van der Waals surface area contributed by atoms with Crippen LogP contribution in [0.2, 0.25) is 0 Å². The van der Waals surface area contributed by atoms with Gasteiger partial charge in [0.2, 0.25) is 5.91 Å². The third-order valence-corrected chi connectivity index (χ3v) is 2.75. The van der Waals surface area contributed by atoms with Crippen molar-refractivity contribution in [2.24, 2.45) is 10.4 Å². The lowest BCUT2D eigenvalue weighted by Gasteiger charge is -2.22. The van der Waals surface area contributed by atoms with Crippen LogP contribution in [-0.4, -0.2) is 38.0 Å². The van der Waals surface area contributed by atoms with Gasteiger partial charge < -0.3 is 16.0 Å². The smallest absolute Gasteiger partial charge is 0.227 e. The zero-order valence-electron chi connectivity index (χ0n) is 13.5. The SMILES string of the molecule is CCCCNC(=NCC(C)(C)C(=O)NCC)NCC.I. The number of unbranched alkanes of at least 4 members (excludes halogenated alkanes) is 1. The van der Waals surface area contributed by atoms with E-state index in [1.54, 1.807) is 0 Å². The van der Waals surface area contributed by atoms with E-state index < -0.39 is 5.41 Å². The van der Waals surface area contributed by atoms with E-state index in [9.17, 15) is 4.79 Å². The monoisotopic (exact) mass is 398 g/mol. The standard InChI is InChI=1S/C14H30N4O.HI/c1-6-9-10-17-13(16-8-3)18-11-14(4,5)12(19)15-7-2;/h6-11H2,1-5H3,(H,15,19)(H2,16,17,18);1H. The van der Waals surface area contributed by atoms with E-state index in [1.807, 2.05) is 27.7 Å². The fourth-order valence-corrected chi connectivity index (χ4v) is 1.47. The lowest BCUT2D eigenvalue weighted by Crippen LogP contribution is -2.42. The first kappa shape index (κ1) is 21.8. The Morgan fingerprint density at radius 1 is 1.05 bits per heavy atom. The molecule has 0 bridgehead atoms. The molecular formula is C14H31IN4O. The van der Waals surface area contributed by atoms with Crippen molar-refractivity contribution < 1.29 is 4.79 Å². The number of hydrogen-bond acceptors (Lipinski definition) is 2. The van der Waals surface area contributed by atoms with Gasteiger partial charge >= 0.3 is 0 Å². The summed E-state index contributed by atoms with van der Waals surface area (Å²) < 4.78 is 0. The van der Waals surface area contributed by atoms with Gasteiger partial charge in [0.05, 0.1) is 12.0 Å². The van der Waals surface area contributed by atoms with E-state index in [-0.39, 0.29) is 29.9 Å². The molecule has 20 heavy (non-hydrogen) atoms. The summed E-state index contributed by atoms with van der Waals surface area (Å²) in [5, 5.41) is 9.31. The summed E-state index contributed by atoms with van der Waals surface area (Å²) in [5.74, 6) is 0.830. The van der Waals surface area contributed by atoms with Crippen molar-refractivity contribution in [1.82, 2.24) is 16.0 Å². The molecule has 0 rings (SSSR count). The van der Waals surface area contributed by atoms with Crippen LogP contribution in [0.4, 0.5) is 0 Å². The topological polar surface area (TPSA) is 65.5 Å². The number of guanidine groups is 1. The summed E-state index contributed by atoms with van der Waals surface area (Å²) in [6, 6.07) is 0. The molecule has 5 nitrogen and oxygen atoms in total. The number of halogens is 1. The van der Waals surface area contributed by atoms with Crippen molar-refractivity contribution >= 4 is 35.8 Å². The van der Waals surface area contributed by atoms with E-state index in [2.05, 4.69) is 27.9 Å². The van der Waals surface area contributed by atoms with Gasteiger partial charge in [0.15, 0.2) is 5.96 Å². The Morgan fingerprint density at radius 2 is 1.65 bits per heavy atom. The molecule has 0 saturated carbocycles. The van der Waals surface area contributed by atoms with E-state index in [0.717, 1.165) is 31.9 Å². The van der Waals surface area contributed by atoms with Gasteiger partial charge in [-0.2, -0.15) is 0 Å². The third kappa shape index (κ3) is 9.39. The van der Waals surface area contributed by atoms with E-state index in [0.29, 0.717) is 13.1 Å². The number of rotatable bonds is 8. The van der Waals surface area contributed by atoms with E-state index >= 15 is 0 Å². The quantitative estimate of drug-likeness (QED) is 0.254. The maximum atomic E-state index is 11.9. The minimum absolute atomic E-state index is 0. The molecule has 0 saturated heterocycles. The first-order valence-electron chi connectivity index (χ1n) is 7.28. The Hall–Kier alpha value is -0.530. The molecule has 0 spiro atoms. The van der Waals surface area contributed by atoms with Crippen molar-refractivity contribution in [1.29, 1.82) is 0 Å². The molecule has 0 radical (unpaired) electrons. The van der Waals surface area contributed by atoms with E-state index in [4.69, 9.17) is 0 Å². The maximum absolute atomic E-state index is 11.9. The lowest BCUT2D eigenvalue weighted by atomic mass is 9.92. The molecule has 0 unspecified atom stereocenters. The summed E-state index contributed by atoms with van der Waals surface area (Å²) in [6.07, 6.45) is 2.26. The highest BCUT2D eigenvalue weighted by Crippen LogP contribution is 2.15. The molecule has 0 aromatic rings. The number of nitrogens with zero attached hydrogens (tertiary/aromatic N) is 1. The Balaban J connectivity index is 0. The largest absolute Gasteiger partial charge is 0.357 e. The third-order valence-electron chi connectivity index (χ3n) is 2.75. The van der Waals surface area contributed by atoms with Gasteiger partial charge in [0.25, 0.3) is 0 Å². The second-order valence-corrected chi connectivity index (χ2v) is 5.22. The normalized spacial score (nSPS) is 11.6. The van der Waals surface area contributed by atoms with Crippen LogP contribution in [0.5, 0.6) is 0 Å². The van der Waals surface area contributed by atoms with Crippen LogP contribution in [-0.2, 0) is 4.79 Å². The fraction of sp³-hybridized carbons (Fsp3) is 0.857. The van der Waals surface area contributed by atoms with Crippen LogP contribution in [0.25, 0.3) is 0 Å².